The lowest BCUT2D eigenvalue weighted by molar-refractivity contribution is -0.141. The van der Waals surface area contributed by atoms with Gasteiger partial charge in [0.25, 0.3) is 0 Å². The highest BCUT2D eigenvalue weighted by Crippen LogP contribution is 2.11. The molecule has 1 heterocycles. The van der Waals surface area contributed by atoms with E-state index in [4.69, 9.17) is 5.11 Å². The molecule has 2 unspecified atom stereocenters. The third-order valence-electron chi connectivity index (χ3n) is 2.48. The molecule has 0 aliphatic heterocycles. The molecule has 16 heavy (non-hydrogen) atoms. The number of hydrogen-bond donors (Lipinski definition) is 2. The fourth-order valence-corrected chi connectivity index (χ4v) is 1.36. The average molecular weight is 223 g/mol. The maximum absolute atomic E-state index is 10.8. The number of aromatic nitrogens is 2. The van der Waals surface area contributed by atoms with Crippen molar-refractivity contribution in [2.45, 2.75) is 33.7 Å². The van der Waals surface area contributed by atoms with Gasteiger partial charge in [-0.05, 0) is 27.7 Å². The van der Waals surface area contributed by atoms with Gasteiger partial charge in [0.2, 0.25) is 0 Å². The van der Waals surface area contributed by atoms with E-state index in [9.17, 15) is 4.79 Å². The molecule has 1 rings (SSSR count). The Morgan fingerprint density at radius 3 is 2.50 bits per heavy atom. The number of hydrogen-bond acceptors (Lipinski definition) is 4. The highest BCUT2D eigenvalue weighted by atomic mass is 16.4. The van der Waals surface area contributed by atoms with Crippen LogP contribution in [0.3, 0.4) is 0 Å². The molecule has 0 aliphatic rings. The second kappa shape index (κ2) is 4.92. The van der Waals surface area contributed by atoms with Gasteiger partial charge in [0, 0.05) is 17.8 Å². The Labute approximate surface area is 94.9 Å². The first-order valence-electron chi connectivity index (χ1n) is 5.21. The number of nitrogens with one attached hydrogen (secondary N) is 1. The van der Waals surface area contributed by atoms with Crippen LogP contribution in [0.2, 0.25) is 0 Å². The van der Waals surface area contributed by atoms with E-state index < -0.39 is 11.9 Å². The highest BCUT2D eigenvalue weighted by molar-refractivity contribution is 5.71. The van der Waals surface area contributed by atoms with Crippen LogP contribution in [0.5, 0.6) is 0 Å². The Bertz CT molecular complexity index is 373. The van der Waals surface area contributed by atoms with Crippen LogP contribution in [-0.4, -0.2) is 27.1 Å². The van der Waals surface area contributed by atoms with E-state index in [-0.39, 0.29) is 6.04 Å². The molecule has 0 aromatic carbocycles. The lowest BCUT2D eigenvalue weighted by atomic mass is 10.0. The van der Waals surface area contributed by atoms with Crippen LogP contribution in [0.25, 0.3) is 0 Å². The monoisotopic (exact) mass is 223 g/mol. The van der Waals surface area contributed by atoms with Crippen LogP contribution in [0.15, 0.2) is 6.07 Å². The molecule has 0 saturated carbocycles. The molecule has 1 aromatic heterocycles. The zero-order valence-electron chi connectivity index (χ0n) is 9.98. The summed E-state index contributed by atoms with van der Waals surface area (Å²) in [6.07, 6.45) is 0. The largest absolute Gasteiger partial charge is 0.481 e. The van der Waals surface area contributed by atoms with Gasteiger partial charge in [0.05, 0.1) is 5.92 Å². The molecule has 0 saturated heterocycles. The lowest BCUT2D eigenvalue weighted by Crippen LogP contribution is -2.30. The minimum atomic E-state index is -0.817. The highest BCUT2D eigenvalue weighted by Gasteiger charge is 2.19. The van der Waals surface area contributed by atoms with Crippen molar-refractivity contribution in [3.8, 4) is 0 Å². The first-order chi connectivity index (χ1) is 7.40. The summed E-state index contributed by atoms with van der Waals surface area (Å²) in [7, 11) is 0. The summed E-state index contributed by atoms with van der Waals surface area (Å²) in [5, 5.41) is 11.9. The average Bonchev–Trinajstić information content (AvgIpc) is 2.14. The summed E-state index contributed by atoms with van der Waals surface area (Å²) in [6, 6.07) is 1.63. The third kappa shape index (κ3) is 3.18. The van der Waals surface area contributed by atoms with Gasteiger partial charge >= 0.3 is 5.97 Å². The Morgan fingerprint density at radius 1 is 1.38 bits per heavy atom. The molecule has 5 heteroatoms. The van der Waals surface area contributed by atoms with Crippen LogP contribution in [-0.2, 0) is 4.79 Å². The number of aryl methyl sites for hydroxylation is 2. The second-order valence-corrected chi connectivity index (χ2v) is 4.00. The molecule has 1 aromatic rings. The first-order valence-corrected chi connectivity index (χ1v) is 5.21. The molecule has 2 N–H and O–H groups in total. The number of anilines is 1. The number of carboxylic acid groups (broad SMARTS) is 1. The Kier molecular flexibility index (Phi) is 3.82. The molecule has 0 aliphatic carbocycles. The van der Waals surface area contributed by atoms with E-state index in [2.05, 4.69) is 15.3 Å². The summed E-state index contributed by atoms with van der Waals surface area (Å²) in [5.74, 6) is 0.0707. The van der Waals surface area contributed by atoms with Crippen molar-refractivity contribution in [2.75, 3.05) is 5.32 Å². The molecule has 0 amide bonds. The molecule has 0 bridgehead atoms. The van der Waals surface area contributed by atoms with Crippen molar-refractivity contribution in [2.24, 2.45) is 5.92 Å². The summed E-state index contributed by atoms with van der Waals surface area (Å²) < 4.78 is 0. The molecule has 88 valence electrons. The zero-order valence-corrected chi connectivity index (χ0v) is 9.98. The normalized spacial score (nSPS) is 14.2. The Hall–Kier alpha value is -1.65. The van der Waals surface area contributed by atoms with E-state index in [1.807, 2.05) is 20.8 Å². The number of aliphatic carboxylic acids is 1. The van der Waals surface area contributed by atoms with Crippen LogP contribution in [0.1, 0.15) is 25.4 Å². The molecule has 0 fully saturated rings. The summed E-state index contributed by atoms with van der Waals surface area (Å²) in [4.78, 5) is 19.1. The standard InChI is InChI=1S/C11H17N3O2/c1-6-5-10(14-9(4)12-6)13-8(3)7(2)11(15)16/h5,7-8H,1-4H3,(H,15,16)(H,12,13,14). The Balaban J connectivity index is 2.76. The van der Waals surface area contributed by atoms with Gasteiger partial charge in [-0.25, -0.2) is 9.97 Å². The first kappa shape index (κ1) is 12.4. The van der Waals surface area contributed by atoms with Gasteiger partial charge in [-0.3, -0.25) is 4.79 Å². The number of carboxylic acids is 1. The van der Waals surface area contributed by atoms with Crippen molar-refractivity contribution >= 4 is 11.8 Å². The third-order valence-corrected chi connectivity index (χ3v) is 2.48. The topological polar surface area (TPSA) is 75.1 Å². The number of nitrogens with zero attached hydrogens (tertiary/aromatic N) is 2. The molecular weight excluding hydrogens is 206 g/mol. The molecule has 2 atom stereocenters. The maximum Gasteiger partial charge on any atom is 0.308 e. The van der Waals surface area contributed by atoms with Gasteiger partial charge < -0.3 is 10.4 Å². The van der Waals surface area contributed by atoms with Crippen LogP contribution in [0, 0.1) is 19.8 Å². The summed E-state index contributed by atoms with van der Waals surface area (Å²) >= 11 is 0. The predicted octanol–water partition coefficient (Wildman–Crippen LogP) is 1.61. The van der Waals surface area contributed by atoms with Crippen LogP contribution < -0.4 is 5.32 Å². The summed E-state index contributed by atoms with van der Waals surface area (Å²) in [5.41, 5.74) is 0.866. The van der Waals surface area contributed by atoms with Gasteiger partial charge in [0.15, 0.2) is 0 Å². The fraction of sp³-hybridized carbons (Fsp3) is 0.545. The van der Waals surface area contributed by atoms with Crippen molar-refractivity contribution in [3.63, 3.8) is 0 Å². The van der Waals surface area contributed by atoms with E-state index in [0.29, 0.717) is 11.6 Å². The summed E-state index contributed by atoms with van der Waals surface area (Å²) in [6.45, 7) is 7.18. The number of rotatable bonds is 4. The second-order valence-electron chi connectivity index (χ2n) is 4.00. The van der Waals surface area contributed by atoms with Crippen LogP contribution >= 0.6 is 0 Å². The molecule has 0 radical (unpaired) electrons. The van der Waals surface area contributed by atoms with E-state index in [1.165, 1.54) is 0 Å². The van der Waals surface area contributed by atoms with Gasteiger partial charge in [-0.15, -0.1) is 0 Å². The maximum atomic E-state index is 10.8. The Morgan fingerprint density at radius 2 is 2.00 bits per heavy atom. The van der Waals surface area contributed by atoms with E-state index in [0.717, 1.165) is 5.69 Å². The SMILES string of the molecule is Cc1cc(NC(C)C(C)C(=O)O)nc(C)n1. The van der Waals surface area contributed by atoms with Crippen molar-refractivity contribution in [3.05, 3.63) is 17.6 Å². The van der Waals surface area contributed by atoms with Gasteiger partial charge in [0.1, 0.15) is 11.6 Å². The van der Waals surface area contributed by atoms with Crippen molar-refractivity contribution < 1.29 is 9.90 Å². The van der Waals surface area contributed by atoms with Crippen molar-refractivity contribution in [1.29, 1.82) is 0 Å². The lowest BCUT2D eigenvalue weighted by Gasteiger charge is -2.18. The predicted molar refractivity (Wildman–Crippen MR) is 61.4 cm³/mol. The van der Waals surface area contributed by atoms with Crippen LogP contribution in [0.4, 0.5) is 5.82 Å². The smallest absolute Gasteiger partial charge is 0.308 e. The van der Waals surface area contributed by atoms with E-state index in [1.54, 1.807) is 13.0 Å². The molecule has 5 nitrogen and oxygen atoms in total. The van der Waals surface area contributed by atoms with E-state index >= 15 is 0 Å². The number of carbonyl (C=O) groups is 1. The van der Waals surface area contributed by atoms with Gasteiger partial charge in [-0.1, -0.05) is 0 Å². The van der Waals surface area contributed by atoms with Crippen molar-refractivity contribution in [1.82, 2.24) is 9.97 Å². The minimum absolute atomic E-state index is 0.175. The fourth-order valence-electron chi connectivity index (χ4n) is 1.36. The quantitative estimate of drug-likeness (QED) is 0.811. The molecular formula is C11H17N3O2. The van der Waals surface area contributed by atoms with Gasteiger partial charge in [-0.2, -0.15) is 0 Å². The minimum Gasteiger partial charge on any atom is -0.481 e. The zero-order chi connectivity index (χ0) is 12.3. The molecule has 0 spiro atoms.